The van der Waals surface area contributed by atoms with Crippen LogP contribution in [-0.4, -0.2) is 85.6 Å². The average molecular weight is 1530 g/mol. The number of halogens is 2. The van der Waals surface area contributed by atoms with Gasteiger partial charge in [-0.05, 0) is 161 Å². The number of hydrogen-bond acceptors (Lipinski definition) is 17. The van der Waals surface area contributed by atoms with Crippen LogP contribution in [-0.2, 0) is 58.2 Å². The van der Waals surface area contributed by atoms with Gasteiger partial charge in [0, 0.05) is 63.5 Å². The fourth-order valence-corrected chi connectivity index (χ4v) is 13.1. The van der Waals surface area contributed by atoms with Gasteiger partial charge in [-0.3, -0.25) is 24.8 Å². The number of nitrogen functional groups attached to an aromatic ring is 2. The number of nitrogens with one attached hydrogen (secondary N) is 3. The Morgan fingerprint density at radius 3 is 1.17 bits per heavy atom. The van der Waals surface area contributed by atoms with E-state index in [0.717, 1.165) is 57.6 Å². The summed E-state index contributed by atoms with van der Waals surface area (Å²) in [7, 11) is 9.16. The quantitative estimate of drug-likeness (QED) is 0.0173. The molecule has 0 spiro atoms. The van der Waals surface area contributed by atoms with Crippen LogP contribution >= 0.6 is 23.2 Å². The van der Waals surface area contributed by atoms with Crippen LogP contribution in [0.4, 0.5) is 65.6 Å². The molecule has 109 heavy (non-hydrogen) atoms. The van der Waals surface area contributed by atoms with Crippen LogP contribution in [0.1, 0.15) is 168 Å². The molecule has 0 saturated carbocycles. The van der Waals surface area contributed by atoms with Gasteiger partial charge in [-0.15, -0.1) is 0 Å². The number of anilines is 8. The molecule has 0 bridgehead atoms. The van der Waals surface area contributed by atoms with Crippen molar-refractivity contribution in [2.24, 2.45) is 0 Å². The molecule has 0 unspecified atom stereocenters. The summed E-state index contributed by atoms with van der Waals surface area (Å²) in [6.07, 6.45) is 6.75. The van der Waals surface area contributed by atoms with Gasteiger partial charge in [0.2, 0.25) is 11.8 Å². The number of benzene rings is 7. The minimum Gasteiger partial charge on any atom is -0.497 e. The van der Waals surface area contributed by atoms with Gasteiger partial charge in [0.15, 0.2) is 0 Å². The first kappa shape index (κ1) is 85.1. The molecule has 26 heteroatoms. The van der Waals surface area contributed by atoms with Gasteiger partial charge >= 0.3 is 30.1 Å². The maximum atomic E-state index is 13.9. The zero-order chi connectivity index (χ0) is 79.9. The van der Waals surface area contributed by atoms with Crippen molar-refractivity contribution in [1.82, 2.24) is 19.9 Å². The smallest absolute Gasteiger partial charge is 0.326 e. The van der Waals surface area contributed by atoms with Crippen LogP contribution in [0.2, 0.25) is 10.0 Å². The molecule has 0 aliphatic carbocycles. The monoisotopic (exact) mass is 1530 g/mol. The number of amides is 6. The molecule has 0 aliphatic rings. The predicted octanol–water partition coefficient (Wildman–Crippen LogP) is 19.5. The summed E-state index contributed by atoms with van der Waals surface area (Å²) in [4.78, 5) is 74.5. The number of methoxy groups -OCH3 is 6. The van der Waals surface area contributed by atoms with Crippen LogP contribution in [0.5, 0.6) is 35.3 Å². The van der Waals surface area contributed by atoms with Crippen LogP contribution in [0.15, 0.2) is 128 Å². The van der Waals surface area contributed by atoms with Crippen molar-refractivity contribution >= 4 is 92.5 Å². The molecule has 0 aliphatic heterocycles. The summed E-state index contributed by atoms with van der Waals surface area (Å²) >= 11 is 12.9. The van der Waals surface area contributed by atoms with E-state index in [1.165, 1.54) is 56.7 Å². The lowest BCUT2D eigenvalue weighted by molar-refractivity contribution is -0.385. The van der Waals surface area contributed by atoms with Crippen molar-refractivity contribution in [2.45, 2.75) is 159 Å². The van der Waals surface area contributed by atoms with E-state index < -0.39 is 11.0 Å². The standard InChI is InChI=1S/C29H37N3O3.C27H32ClN5O5.C27H34ClN5O3/c1-7-20-12-16-26(30)25(8-2)28(20)31-29(33)32(23-13-9-21(10-14-23)19(3)4)18-22-11-15-24(34-5)17-27(22)35-6;1-7-20-22(28)13-23(33(35)36)21(8-2)24(20)30-27(34)32(19-11-9-17(10-12-19)16(3)4)15-18-14-29-26(38-6)31-25(18)37-5;1-7-20-22(28)13-23(29)21(8-2)24(20)31-27(34)33(19-11-9-17(10-12-19)16(3)4)15-18-14-30-26(36-6)32-25(18)35-5/h9-17,19H,7-8,18,30H2,1-6H3,(H,31,33);9-14,16H,7-8,15H2,1-6H3,(H,30,34);9-14,16H,7-8,15,29H2,1-6H3,(H,31,34). The lowest BCUT2D eigenvalue weighted by Crippen LogP contribution is -2.35. The lowest BCUT2D eigenvalue weighted by Gasteiger charge is -2.26. The summed E-state index contributed by atoms with van der Waals surface area (Å²) in [5.74, 6) is 3.03. The molecule has 24 nitrogen and oxygen atoms in total. The molecule has 9 rings (SSSR count). The van der Waals surface area contributed by atoms with Gasteiger partial charge in [-0.1, -0.05) is 149 Å². The molecule has 580 valence electrons. The van der Waals surface area contributed by atoms with Gasteiger partial charge in [0.1, 0.15) is 11.5 Å². The number of hydrogen-bond donors (Lipinski definition) is 5. The second-order valence-electron chi connectivity index (χ2n) is 26.3. The third-order valence-electron chi connectivity index (χ3n) is 18.7. The maximum Gasteiger partial charge on any atom is 0.326 e. The van der Waals surface area contributed by atoms with Crippen molar-refractivity contribution in [3.63, 3.8) is 0 Å². The number of aryl methyl sites for hydroxylation is 1. The number of carbonyl (C=O) groups is 3. The van der Waals surface area contributed by atoms with E-state index in [0.29, 0.717) is 129 Å². The van der Waals surface area contributed by atoms with Gasteiger partial charge in [-0.2, -0.15) is 9.97 Å². The molecule has 0 saturated heterocycles. The molecule has 2 heterocycles. The zero-order valence-corrected chi connectivity index (χ0v) is 67.2. The van der Waals surface area contributed by atoms with Crippen molar-refractivity contribution in [2.75, 3.05) is 84.8 Å². The van der Waals surface area contributed by atoms with E-state index in [9.17, 15) is 24.5 Å². The Hall–Kier alpha value is -11.1. The lowest BCUT2D eigenvalue weighted by atomic mass is 10.0. The highest BCUT2D eigenvalue weighted by molar-refractivity contribution is 6.32. The van der Waals surface area contributed by atoms with Crippen LogP contribution in [0.25, 0.3) is 0 Å². The number of nitro groups is 1. The Morgan fingerprint density at radius 1 is 0.440 bits per heavy atom. The summed E-state index contributed by atoms with van der Waals surface area (Å²) in [5, 5.41) is 21.7. The molecular formula is C83H103Cl2N13O11. The zero-order valence-electron chi connectivity index (χ0n) is 65.7. The molecule has 0 atom stereocenters. The van der Waals surface area contributed by atoms with E-state index in [1.54, 1.807) is 43.2 Å². The highest BCUT2D eigenvalue weighted by atomic mass is 35.5. The number of aromatic nitrogens is 4. The van der Waals surface area contributed by atoms with Gasteiger partial charge < -0.3 is 55.8 Å². The number of rotatable bonds is 28. The first-order valence-electron chi connectivity index (χ1n) is 36.3. The fourth-order valence-electron chi connectivity index (χ4n) is 12.4. The second kappa shape index (κ2) is 40.2. The van der Waals surface area contributed by atoms with E-state index in [2.05, 4.69) is 96.5 Å². The summed E-state index contributed by atoms with van der Waals surface area (Å²) < 4.78 is 32.0. The van der Waals surface area contributed by atoms with Crippen molar-refractivity contribution in [3.8, 4) is 35.3 Å². The SMILES string of the molecule is CCc1c(Cl)cc([N+](=O)[O-])c(CC)c1NC(=O)N(Cc1cnc(OC)nc1OC)c1ccc(C(C)C)cc1.CCc1c(N)cc(Cl)c(CC)c1NC(=O)N(Cc1cnc(OC)nc1OC)c1ccc(C(C)C)cc1.CCc1ccc(N)c(CC)c1NC(=O)N(Cc1ccc(OC)cc1OC)c1ccc(C(C)C)cc1. The first-order chi connectivity index (χ1) is 52.2. The number of nitrogens with two attached hydrogens (primary N) is 2. The molecule has 7 N–H and O–H groups in total. The number of ether oxygens (including phenoxy) is 6. The van der Waals surface area contributed by atoms with E-state index in [4.69, 9.17) is 63.1 Å². The first-order valence-corrected chi connectivity index (χ1v) is 37.1. The highest BCUT2D eigenvalue weighted by Gasteiger charge is 2.29. The van der Waals surface area contributed by atoms with E-state index in [1.807, 2.05) is 119 Å². The van der Waals surface area contributed by atoms with Crippen LogP contribution < -0.4 is 70.5 Å². The number of urea groups is 3. The van der Waals surface area contributed by atoms with Crippen molar-refractivity contribution in [1.29, 1.82) is 0 Å². The minimum absolute atomic E-state index is 0.0611. The predicted molar refractivity (Wildman–Crippen MR) is 438 cm³/mol. The average Bonchev–Trinajstić information content (AvgIpc) is 0.783. The normalized spacial score (nSPS) is 10.9. The van der Waals surface area contributed by atoms with E-state index >= 15 is 0 Å². The van der Waals surface area contributed by atoms with Crippen LogP contribution in [0, 0.1) is 10.1 Å². The molecule has 6 amide bonds. The Bertz CT molecular complexity index is 4570. The fraction of sp³-hybridized carbons (Fsp3) is 0.361. The number of nitro benzene ring substituents is 1. The highest BCUT2D eigenvalue weighted by Crippen LogP contribution is 2.40. The molecule has 9 aromatic rings. The Kier molecular flexibility index (Phi) is 31.4. The van der Waals surface area contributed by atoms with Crippen LogP contribution in [0.3, 0.4) is 0 Å². The summed E-state index contributed by atoms with van der Waals surface area (Å²) in [6, 6.07) is 35.5. The third kappa shape index (κ3) is 21.2. The Balaban J connectivity index is 0.000000228. The third-order valence-corrected chi connectivity index (χ3v) is 19.3. The number of carbonyl (C=O) groups excluding carboxylic acids is 3. The second-order valence-corrected chi connectivity index (χ2v) is 27.1. The largest absolute Gasteiger partial charge is 0.497 e. The molecule has 0 radical (unpaired) electrons. The molecular weight excluding hydrogens is 1430 g/mol. The Morgan fingerprint density at radius 2 is 0.817 bits per heavy atom. The topological polar surface area (TPSA) is 299 Å². The number of nitrogens with zero attached hydrogens (tertiary/aromatic N) is 8. The minimum atomic E-state index is -0.499. The summed E-state index contributed by atoms with van der Waals surface area (Å²) in [5.41, 5.74) is 27.8. The summed E-state index contributed by atoms with van der Waals surface area (Å²) in [6.45, 7) is 25.1. The molecule has 2 aromatic heterocycles. The Labute approximate surface area is 650 Å². The maximum absolute atomic E-state index is 13.9. The molecule has 0 fully saturated rings. The van der Waals surface area contributed by atoms with Gasteiger partial charge in [0.05, 0.1) is 106 Å². The molecule has 7 aromatic carbocycles. The van der Waals surface area contributed by atoms with Crippen molar-refractivity contribution < 1.29 is 47.7 Å². The van der Waals surface area contributed by atoms with Gasteiger partial charge in [-0.25, -0.2) is 24.4 Å². The van der Waals surface area contributed by atoms with E-state index in [-0.39, 0.29) is 53.8 Å². The van der Waals surface area contributed by atoms with Gasteiger partial charge in [0.25, 0.3) is 5.69 Å². The van der Waals surface area contributed by atoms with Crippen molar-refractivity contribution in [3.05, 3.63) is 215 Å².